The number of aromatic nitrogens is 2. The van der Waals surface area contributed by atoms with Gasteiger partial charge in [-0.1, -0.05) is 52.3 Å². The van der Waals surface area contributed by atoms with Crippen molar-refractivity contribution in [3.8, 4) is 22.6 Å². The largest absolute Gasteiger partial charge is 0.611 e. The third-order valence-electron chi connectivity index (χ3n) is 7.51. The molecule has 1 aromatic heterocycles. The molecule has 1 amide bonds. The summed E-state index contributed by atoms with van der Waals surface area (Å²) in [6.07, 6.45) is 10.8. The molecule has 0 aliphatic carbocycles. The van der Waals surface area contributed by atoms with Gasteiger partial charge in [0.25, 0.3) is 0 Å². The lowest BCUT2D eigenvalue weighted by atomic mass is 10.0. The maximum atomic E-state index is 12.9. The fourth-order valence-corrected chi connectivity index (χ4v) is 5.98. The zero-order valence-corrected chi connectivity index (χ0v) is 29.5. The van der Waals surface area contributed by atoms with Crippen LogP contribution in [0.25, 0.3) is 17.2 Å². The summed E-state index contributed by atoms with van der Waals surface area (Å²) in [4.78, 5) is 17.9. The van der Waals surface area contributed by atoms with Gasteiger partial charge in [-0.3, -0.25) is 4.79 Å². The van der Waals surface area contributed by atoms with Gasteiger partial charge >= 0.3 is 0 Å². The molecule has 0 unspecified atom stereocenters. The molecule has 0 bridgehead atoms. The average Bonchev–Trinajstić information content (AvgIpc) is 3.54. The molecule has 0 spiro atoms. The molecular weight excluding hydrogens is 623 g/mol. The van der Waals surface area contributed by atoms with Crippen molar-refractivity contribution in [2.75, 3.05) is 37.5 Å². The van der Waals surface area contributed by atoms with Gasteiger partial charge in [0.05, 0.1) is 19.5 Å². The number of nitrogens with zero attached hydrogens (tertiary/aromatic N) is 2. The van der Waals surface area contributed by atoms with E-state index in [2.05, 4.69) is 42.6 Å². The van der Waals surface area contributed by atoms with Crippen LogP contribution in [-0.2, 0) is 33.7 Å². The second kappa shape index (κ2) is 19.7. The predicted molar refractivity (Wildman–Crippen MR) is 195 cm³/mol. The van der Waals surface area contributed by atoms with E-state index >= 15 is 0 Å². The van der Waals surface area contributed by atoms with E-state index in [9.17, 15) is 9.35 Å². The number of ether oxygens (including phenoxy) is 3. The highest BCUT2D eigenvalue weighted by Crippen LogP contribution is 2.29. The summed E-state index contributed by atoms with van der Waals surface area (Å²) in [6.45, 7) is 11.8. The van der Waals surface area contributed by atoms with Gasteiger partial charge in [-0.25, -0.2) is 4.98 Å². The number of rotatable bonds is 20. The molecule has 4 aromatic rings. The number of anilines is 1. The molecule has 0 fully saturated rings. The number of benzene rings is 3. The van der Waals surface area contributed by atoms with Crippen LogP contribution in [0.1, 0.15) is 58.2 Å². The van der Waals surface area contributed by atoms with Crippen LogP contribution in [0.3, 0.4) is 0 Å². The van der Waals surface area contributed by atoms with Crippen molar-refractivity contribution in [2.45, 2.75) is 64.8 Å². The van der Waals surface area contributed by atoms with E-state index in [1.54, 1.807) is 30.3 Å². The molecule has 256 valence electrons. The fourth-order valence-electron chi connectivity index (χ4n) is 4.91. The highest BCUT2D eigenvalue weighted by molar-refractivity contribution is 7.91. The minimum absolute atomic E-state index is 0.270. The first-order chi connectivity index (χ1) is 23.4. The third kappa shape index (κ3) is 11.9. The number of hydrogen-bond donors (Lipinski definition) is 1. The van der Waals surface area contributed by atoms with E-state index in [4.69, 9.17) is 14.2 Å². The lowest BCUT2D eigenvalue weighted by molar-refractivity contribution is -0.111. The molecule has 0 saturated carbocycles. The van der Waals surface area contributed by atoms with Crippen LogP contribution in [0.4, 0.5) is 5.69 Å². The molecule has 9 heteroatoms. The van der Waals surface area contributed by atoms with Crippen molar-refractivity contribution in [2.24, 2.45) is 5.92 Å². The summed E-state index contributed by atoms with van der Waals surface area (Å²) in [5.74, 6) is 2.10. The van der Waals surface area contributed by atoms with Crippen LogP contribution in [0.15, 0.2) is 90.2 Å². The molecule has 1 heterocycles. The Balaban J connectivity index is 1.36. The number of carbonyl (C=O) groups is 1. The monoisotopic (exact) mass is 671 g/mol. The Bertz CT molecular complexity index is 1570. The summed E-state index contributed by atoms with van der Waals surface area (Å²) in [7, 11) is 0. The van der Waals surface area contributed by atoms with E-state index in [1.165, 1.54) is 6.08 Å². The van der Waals surface area contributed by atoms with Crippen molar-refractivity contribution in [1.82, 2.24) is 9.55 Å². The van der Waals surface area contributed by atoms with Gasteiger partial charge < -0.3 is 28.6 Å². The summed E-state index contributed by atoms with van der Waals surface area (Å²) in [5.41, 5.74) is 4.55. The molecular formula is C39H49N3O5S. The lowest BCUT2D eigenvalue weighted by Gasteiger charge is -2.13. The van der Waals surface area contributed by atoms with Crippen LogP contribution >= 0.6 is 0 Å². The Morgan fingerprint density at radius 2 is 1.73 bits per heavy atom. The molecule has 8 nitrogen and oxygen atoms in total. The van der Waals surface area contributed by atoms with Crippen LogP contribution in [0, 0.1) is 5.92 Å². The van der Waals surface area contributed by atoms with Crippen LogP contribution in [0.2, 0.25) is 0 Å². The van der Waals surface area contributed by atoms with Gasteiger partial charge in [-0.05, 0) is 95.7 Å². The zero-order chi connectivity index (χ0) is 34.1. The first-order valence-corrected chi connectivity index (χ1v) is 18.2. The number of amides is 1. The third-order valence-corrected chi connectivity index (χ3v) is 8.89. The molecule has 0 saturated heterocycles. The summed E-state index contributed by atoms with van der Waals surface area (Å²) in [6, 6.07) is 21.1. The molecule has 48 heavy (non-hydrogen) atoms. The molecule has 3 aromatic carbocycles. The van der Waals surface area contributed by atoms with Gasteiger partial charge in [0, 0.05) is 48.8 Å². The number of unbranched alkanes of at least 4 members (excludes halogenated alkanes) is 1. The Kier molecular flexibility index (Phi) is 15.1. The SMILES string of the molecule is CCCCOCCOc1ccc(-c2ccc(OCC(C)C)c(/C=C/C(=O)Nc3ccc([S@@+]([O-])CCc4cncn4CCC)cc3)c2)cc1. The minimum atomic E-state index is -1.15. The number of nitrogens with one attached hydrogen (secondary N) is 1. The second-order valence-electron chi connectivity index (χ2n) is 12.0. The van der Waals surface area contributed by atoms with Crippen LogP contribution in [0.5, 0.6) is 11.5 Å². The number of imidazole rings is 1. The van der Waals surface area contributed by atoms with E-state index in [0.29, 0.717) is 49.3 Å². The van der Waals surface area contributed by atoms with E-state index < -0.39 is 11.2 Å². The highest BCUT2D eigenvalue weighted by Gasteiger charge is 2.14. The molecule has 0 aliphatic heterocycles. The van der Waals surface area contributed by atoms with E-state index in [-0.39, 0.29) is 5.91 Å². The first kappa shape index (κ1) is 36.8. The summed E-state index contributed by atoms with van der Waals surface area (Å²) >= 11 is -1.15. The zero-order valence-electron chi connectivity index (χ0n) is 28.7. The molecule has 0 aliphatic rings. The van der Waals surface area contributed by atoms with Gasteiger partial charge in [0.2, 0.25) is 5.91 Å². The van der Waals surface area contributed by atoms with Gasteiger partial charge in [0.15, 0.2) is 4.90 Å². The Morgan fingerprint density at radius 1 is 0.958 bits per heavy atom. The van der Waals surface area contributed by atoms with Crippen LogP contribution in [-0.4, -0.2) is 52.2 Å². The Labute approximate surface area is 288 Å². The predicted octanol–water partition coefficient (Wildman–Crippen LogP) is 8.19. The lowest BCUT2D eigenvalue weighted by Crippen LogP contribution is -2.12. The van der Waals surface area contributed by atoms with Crippen molar-refractivity contribution in [3.63, 3.8) is 0 Å². The molecule has 0 radical (unpaired) electrons. The number of aryl methyl sites for hydroxylation is 2. The first-order valence-electron chi connectivity index (χ1n) is 16.9. The van der Waals surface area contributed by atoms with Crippen molar-refractivity contribution >= 4 is 28.8 Å². The standard InChI is InChI=1S/C39H49N3O5S/c1-5-7-22-45-23-24-46-36-14-8-31(9-15-36)32-10-18-38(47-28-30(3)4)33(26-32)11-19-39(43)41-34-12-16-37(17-13-34)48(44)25-20-35-27-40-29-42(35)21-6-2/h8-19,26-27,29-30H,5-7,20-25,28H2,1-4H3,(H,41,43)/b19-11+/t48-/m0/s1. The van der Waals surface area contributed by atoms with Crippen molar-refractivity contribution < 1.29 is 23.6 Å². The normalized spacial score (nSPS) is 12.0. The molecule has 1 atom stereocenters. The Hall–Kier alpha value is -4.05. The average molecular weight is 672 g/mol. The summed E-state index contributed by atoms with van der Waals surface area (Å²) < 4.78 is 32.5. The Morgan fingerprint density at radius 3 is 2.46 bits per heavy atom. The maximum absolute atomic E-state index is 12.9. The topological polar surface area (TPSA) is 97.7 Å². The fraction of sp³-hybridized carbons (Fsp3) is 0.385. The molecule has 1 N–H and O–H groups in total. The van der Waals surface area contributed by atoms with E-state index in [0.717, 1.165) is 65.4 Å². The van der Waals surface area contributed by atoms with E-state index in [1.807, 2.05) is 55.0 Å². The molecule has 4 rings (SSSR count). The summed E-state index contributed by atoms with van der Waals surface area (Å²) in [5, 5.41) is 2.91. The maximum Gasteiger partial charge on any atom is 0.248 e. The number of hydrogen-bond acceptors (Lipinski definition) is 6. The minimum Gasteiger partial charge on any atom is -0.611 e. The van der Waals surface area contributed by atoms with Gasteiger partial charge in [-0.2, -0.15) is 0 Å². The smallest absolute Gasteiger partial charge is 0.248 e. The number of carbonyl (C=O) groups excluding carboxylic acids is 1. The van der Waals surface area contributed by atoms with Crippen molar-refractivity contribution in [1.29, 1.82) is 0 Å². The quantitative estimate of drug-likeness (QED) is 0.0578. The van der Waals surface area contributed by atoms with Crippen molar-refractivity contribution in [3.05, 3.63) is 96.6 Å². The highest BCUT2D eigenvalue weighted by atomic mass is 32.2. The second-order valence-corrected chi connectivity index (χ2v) is 13.6. The van der Waals surface area contributed by atoms with Crippen LogP contribution < -0.4 is 14.8 Å². The van der Waals surface area contributed by atoms with Gasteiger partial charge in [-0.15, -0.1) is 0 Å². The van der Waals surface area contributed by atoms with Gasteiger partial charge in [0.1, 0.15) is 23.9 Å².